The van der Waals surface area contributed by atoms with E-state index in [0.717, 1.165) is 5.56 Å². The van der Waals surface area contributed by atoms with Gasteiger partial charge in [-0.25, -0.2) is 4.79 Å². The minimum atomic E-state index is -0.638. The lowest BCUT2D eigenvalue weighted by molar-refractivity contribution is -0.139. The predicted molar refractivity (Wildman–Crippen MR) is 67.9 cm³/mol. The molecule has 1 N–H and O–H groups in total. The molecule has 0 aliphatic carbocycles. The summed E-state index contributed by atoms with van der Waals surface area (Å²) in [6, 6.07) is 9.63. The predicted octanol–water partition coefficient (Wildman–Crippen LogP) is 1.15. The van der Waals surface area contributed by atoms with Crippen LogP contribution < -0.4 is 5.32 Å². The van der Waals surface area contributed by atoms with E-state index in [0.29, 0.717) is 6.54 Å². The molecule has 5 nitrogen and oxygen atoms in total. The number of ether oxygens (including phenoxy) is 2. The van der Waals surface area contributed by atoms with Gasteiger partial charge in [-0.15, -0.1) is 0 Å². The Morgan fingerprint density at radius 2 is 2.11 bits per heavy atom. The van der Waals surface area contributed by atoms with E-state index in [-0.39, 0.29) is 30.5 Å². The largest absolute Gasteiger partial charge is 0.470 e. The van der Waals surface area contributed by atoms with Crippen molar-refractivity contribution in [3.8, 4) is 0 Å². The number of carbonyl (C=O) groups excluding carboxylic acids is 2. The van der Waals surface area contributed by atoms with Crippen molar-refractivity contribution >= 4 is 11.8 Å². The summed E-state index contributed by atoms with van der Waals surface area (Å²) in [5.74, 6) is -0.790. The summed E-state index contributed by atoms with van der Waals surface area (Å²) >= 11 is 0. The van der Waals surface area contributed by atoms with Gasteiger partial charge in [0.05, 0.1) is 6.61 Å². The summed E-state index contributed by atoms with van der Waals surface area (Å²) in [4.78, 5) is 23.2. The van der Waals surface area contributed by atoms with E-state index in [9.17, 15) is 9.59 Å². The SMILES string of the molecule is CCOC(=O)C1=C(NCc2ccccc2)OCC1=O. The van der Waals surface area contributed by atoms with Crippen molar-refractivity contribution in [3.63, 3.8) is 0 Å². The summed E-state index contributed by atoms with van der Waals surface area (Å²) in [6.07, 6.45) is 0. The summed E-state index contributed by atoms with van der Waals surface area (Å²) in [6.45, 7) is 2.27. The standard InChI is InChI=1S/C14H15NO4/c1-2-18-14(17)12-11(16)9-19-13(12)15-8-10-6-4-3-5-7-10/h3-7,15H,2,8-9H2,1H3. The molecule has 0 unspecified atom stereocenters. The second-order valence-electron chi connectivity index (χ2n) is 3.98. The Kier molecular flexibility index (Phi) is 4.18. The van der Waals surface area contributed by atoms with Crippen LogP contribution >= 0.6 is 0 Å². The molecule has 1 aromatic carbocycles. The molecule has 1 heterocycles. The topological polar surface area (TPSA) is 64.6 Å². The van der Waals surface area contributed by atoms with Crippen LogP contribution in [0.25, 0.3) is 0 Å². The number of ketones is 1. The van der Waals surface area contributed by atoms with Crippen LogP contribution in [0.4, 0.5) is 0 Å². The van der Waals surface area contributed by atoms with Gasteiger partial charge in [0.25, 0.3) is 0 Å². The summed E-state index contributed by atoms with van der Waals surface area (Å²) < 4.78 is 10.0. The van der Waals surface area contributed by atoms with E-state index < -0.39 is 5.97 Å². The highest BCUT2D eigenvalue weighted by Gasteiger charge is 2.31. The lowest BCUT2D eigenvalue weighted by atomic mass is 10.2. The fourth-order valence-corrected chi connectivity index (χ4v) is 1.74. The number of esters is 1. The van der Waals surface area contributed by atoms with Crippen LogP contribution in [0, 0.1) is 0 Å². The highest BCUT2D eigenvalue weighted by atomic mass is 16.5. The fourth-order valence-electron chi connectivity index (χ4n) is 1.74. The number of rotatable bonds is 5. The molecule has 0 saturated carbocycles. The van der Waals surface area contributed by atoms with E-state index in [2.05, 4.69) is 5.32 Å². The normalized spacial score (nSPS) is 14.3. The van der Waals surface area contributed by atoms with Crippen LogP contribution in [0.2, 0.25) is 0 Å². The maximum Gasteiger partial charge on any atom is 0.347 e. The van der Waals surface area contributed by atoms with Gasteiger partial charge in [0, 0.05) is 6.54 Å². The van der Waals surface area contributed by atoms with Crippen LogP contribution in [0.15, 0.2) is 41.8 Å². The van der Waals surface area contributed by atoms with Crippen LogP contribution in [-0.4, -0.2) is 25.0 Å². The summed E-state index contributed by atoms with van der Waals surface area (Å²) in [5, 5.41) is 2.95. The van der Waals surface area contributed by atoms with Crippen LogP contribution in [0.3, 0.4) is 0 Å². The Balaban J connectivity index is 2.08. The van der Waals surface area contributed by atoms with Gasteiger partial charge in [-0.1, -0.05) is 30.3 Å². The second-order valence-corrected chi connectivity index (χ2v) is 3.98. The molecule has 0 spiro atoms. The zero-order valence-corrected chi connectivity index (χ0v) is 10.6. The third kappa shape index (κ3) is 3.13. The molecular formula is C14H15NO4. The van der Waals surface area contributed by atoms with E-state index in [1.165, 1.54) is 0 Å². The van der Waals surface area contributed by atoms with Gasteiger partial charge in [-0.2, -0.15) is 0 Å². The average Bonchev–Trinajstić information content (AvgIpc) is 2.79. The first-order chi connectivity index (χ1) is 9.22. The Hall–Kier alpha value is -2.30. The Bertz CT molecular complexity index is 507. The zero-order chi connectivity index (χ0) is 13.7. The Morgan fingerprint density at radius 3 is 2.79 bits per heavy atom. The molecule has 1 aromatic rings. The minimum absolute atomic E-state index is 0.0298. The molecule has 1 aliphatic heterocycles. The molecule has 0 amide bonds. The number of nitrogens with one attached hydrogen (secondary N) is 1. The minimum Gasteiger partial charge on any atom is -0.470 e. The first-order valence-corrected chi connectivity index (χ1v) is 6.07. The van der Waals surface area contributed by atoms with Crippen molar-refractivity contribution in [2.24, 2.45) is 0 Å². The number of benzene rings is 1. The number of Topliss-reactive ketones (excluding diaryl/α,β-unsaturated/α-hetero) is 1. The first-order valence-electron chi connectivity index (χ1n) is 6.07. The first kappa shape index (κ1) is 13.1. The quantitative estimate of drug-likeness (QED) is 0.636. The van der Waals surface area contributed by atoms with E-state index >= 15 is 0 Å². The van der Waals surface area contributed by atoms with Gasteiger partial charge >= 0.3 is 5.97 Å². The summed E-state index contributed by atoms with van der Waals surface area (Å²) in [7, 11) is 0. The highest BCUT2D eigenvalue weighted by Crippen LogP contribution is 2.16. The van der Waals surface area contributed by atoms with Gasteiger partial charge in [-0.3, -0.25) is 4.79 Å². The lowest BCUT2D eigenvalue weighted by Crippen LogP contribution is -2.19. The van der Waals surface area contributed by atoms with Crippen LogP contribution in [-0.2, 0) is 25.6 Å². The molecule has 0 atom stereocenters. The second kappa shape index (κ2) is 6.04. The molecule has 0 bridgehead atoms. The Labute approximate surface area is 111 Å². The van der Waals surface area contributed by atoms with Gasteiger partial charge in [-0.05, 0) is 12.5 Å². The molecule has 0 saturated heterocycles. The number of carbonyl (C=O) groups is 2. The molecule has 0 fully saturated rings. The third-order valence-electron chi connectivity index (χ3n) is 2.63. The van der Waals surface area contributed by atoms with Gasteiger partial charge in [0.2, 0.25) is 11.7 Å². The van der Waals surface area contributed by atoms with Gasteiger partial charge in [0.15, 0.2) is 12.2 Å². The van der Waals surface area contributed by atoms with Crippen molar-refractivity contribution in [2.75, 3.05) is 13.2 Å². The zero-order valence-electron chi connectivity index (χ0n) is 10.6. The molecule has 100 valence electrons. The van der Waals surface area contributed by atoms with Crippen LogP contribution in [0.5, 0.6) is 0 Å². The number of hydrogen-bond donors (Lipinski definition) is 1. The van der Waals surface area contributed by atoms with Crippen LogP contribution in [0.1, 0.15) is 12.5 Å². The lowest BCUT2D eigenvalue weighted by Gasteiger charge is -2.08. The van der Waals surface area contributed by atoms with Crippen molar-refractivity contribution in [1.29, 1.82) is 0 Å². The maximum atomic E-state index is 11.7. The number of hydrogen-bond acceptors (Lipinski definition) is 5. The van der Waals surface area contributed by atoms with E-state index in [4.69, 9.17) is 9.47 Å². The average molecular weight is 261 g/mol. The summed E-state index contributed by atoms with van der Waals surface area (Å²) in [5.41, 5.74) is 0.999. The van der Waals surface area contributed by atoms with Crippen molar-refractivity contribution < 1.29 is 19.1 Å². The van der Waals surface area contributed by atoms with E-state index in [1.807, 2.05) is 30.3 Å². The van der Waals surface area contributed by atoms with Gasteiger partial charge in [0.1, 0.15) is 0 Å². The Morgan fingerprint density at radius 1 is 1.37 bits per heavy atom. The monoisotopic (exact) mass is 261 g/mol. The third-order valence-corrected chi connectivity index (χ3v) is 2.63. The van der Waals surface area contributed by atoms with Crippen molar-refractivity contribution in [3.05, 3.63) is 47.4 Å². The molecule has 1 aliphatic rings. The molecule has 19 heavy (non-hydrogen) atoms. The fraction of sp³-hybridized carbons (Fsp3) is 0.286. The maximum absolute atomic E-state index is 11.7. The van der Waals surface area contributed by atoms with E-state index in [1.54, 1.807) is 6.92 Å². The van der Waals surface area contributed by atoms with Crippen molar-refractivity contribution in [1.82, 2.24) is 5.32 Å². The van der Waals surface area contributed by atoms with Crippen molar-refractivity contribution in [2.45, 2.75) is 13.5 Å². The highest BCUT2D eigenvalue weighted by molar-refractivity contribution is 6.19. The molecule has 0 aromatic heterocycles. The molecule has 5 heteroatoms. The smallest absolute Gasteiger partial charge is 0.347 e. The van der Waals surface area contributed by atoms with Gasteiger partial charge < -0.3 is 14.8 Å². The molecule has 0 radical (unpaired) electrons. The molecule has 2 rings (SSSR count). The molecular weight excluding hydrogens is 246 g/mol.